The summed E-state index contributed by atoms with van der Waals surface area (Å²) in [5, 5.41) is 24.0. The monoisotopic (exact) mass is 551 g/mol. The molecule has 0 amide bonds. The normalized spacial score (nSPS) is 12.4. The van der Waals surface area contributed by atoms with Crippen LogP contribution >= 0.6 is 0 Å². The van der Waals surface area contributed by atoms with Crippen LogP contribution in [0.5, 0.6) is 0 Å². The second-order valence-electron chi connectivity index (χ2n) is 8.93. The van der Waals surface area contributed by atoms with Crippen LogP contribution in [-0.4, -0.2) is 52.0 Å². The maximum atomic E-state index is 13.5. The van der Waals surface area contributed by atoms with Crippen molar-refractivity contribution < 1.29 is 23.1 Å². The number of carbonyl (C=O) groups is 1. The van der Waals surface area contributed by atoms with Crippen molar-refractivity contribution in [2.75, 3.05) is 0 Å². The van der Waals surface area contributed by atoms with Gasteiger partial charge in [0.1, 0.15) is 11.2 Å². The Morgan fingerprint density at radius 2 is 1.70 bits per heavy atom. The molecule has 14 heteroatoms. The Bertz CT molecular complexity index is 2010. The second kappa shape index (κ2) is 9.80. The van der Waals surface area contributed by atoms with E-state index in [2.05, 4.69) is 25.5 Å². The summed E-state index contributed by atoms with van der Waals surface area (Å²) < 4.78 is 34.7. The van der Waals surface area contributed by atoms with Gasteiger partial charge < -0.3 is 10.1 Å². The summed E-state index contributed by atoms with van der Waals surface area (Å²) >= 11 is 0. The standard InChI is InChI=1S/C24H19N7O2.C2HF3O2/c1-13(14-6-4-3-5-7-14)31-23(32)17-11-16-20(12-19(17)25-24(31)33)26-28-22(16)15-8-9-18-21(10-15)30(2)29-27-18;3-2(4,5)1(6)7/h3-13H,1-2H3,(H,25,33)(H,26,28);(H,6,7). The molecule has 40 heavy (non-hydrogen) atoms. The van der Waals surface area contributed by atoms with Crippen LogP contribution in [0, 0.1) is 0 Å². The number of aromatic amines is 2. The van der Waals surface area contributed by atoms with Gasteiger partial charge in [0.05, 0.1) is 28.0 Å². The number of hydrogen-bond donors (Lipinski definition) is 3. The van der Waals surface area contributed by atoms with Crippen molar-refractivity contribution in [1.82, 2.24) is 34.7 Å². The Hall–Kier alpha value is -5.27. The molecule has 0 bridgehead atoms. The molecule has 0 saturated heterocycles. The zero-order valence-corrected chi connectivity index (χ0v) is 20.9. The van der Waals surface area contributed by atoms with Gasteiger partial charge >= 0.3 is 17.8 Å². The highest BCUT2D eigenvalue weighted by molar-refractivity contribution is 6.01. The lowest BCUT2D eigenvalue weighted by Crippen LogP contribution is -2.37. The molecule has 0 radical (unpaired) electrons. The fourth-order valence-corrected chi connectivity index (χ4v) is 4.37. The highest BCUT2D eigenvalue weighted by Gasteiger charge is 2.38. The van der Waals surface area contributed by atoms with Gasteiger partial charge in [0.2, 0.25) is 0 Å². The summed E-state index contributed by atoms with van der Waals surface area (Å²) in [5.74, 6) is -2.76. The van der Waals surface area contributed by atoms with Crippen LogP contribution in [0.4, 0.5) is 13.2 Å². The molecule has 0 aliphatic carbocycles. The number of halogens is 3. The van der Waals surface area contributed by atoms with Gasteiger partial charge in [-0.25, -0.2) is 14.3 Å². The van der Waals surface area contributed by atoms with Crippen molar-refractivity contribution in [3.63, 3.8) is 0 Å². The molecule has 1 atom stereocenters. The lowest BCUT2D eigenvalue weighted by molar-refractivity contribution is -0.192. The quantitative estimate of drug-likeness (QED) is 0.303. The number of rotatable bonds is 3. The van der Waals surface area contributed by atoms with Crippen LogP contribution in [0.15, 0.2) is 70.3 Å². The number of carboxylic acid groups (broad SMARTS) is 1. The van der Waals surface area contributed by atoms with Crippen molar-refractivity contribution in [2.45, 2.75) is 19.1 Å². The van der Waals surface area contributed by atoms with E-state index in [1.807, 2.05) is 62.5 Å². The molecular formula is C26H20F3N7O4. The molecule has 3 N–H and O–H groups in total. The summed E-state index contributed by atoms with van der Waals surface area (Å²) in [7, 11) is 1.84. The largest absolute Gasteiger partial charge is 0.490 e. The van der Waals surface area contributed by atoms with Gasteiger partial charge in [-0.1, -0.05) is 41.6 Å². The Morgan fingerprint density at radius 3 is 2.38 bits per heavy atom. The number of alkyl halides is 3. The van der Waals surface area contributed by atoms with E-state index in [9.17, 15) is 22.8 Å². The third kappa shape index (κ3) is 4.70. The number of aliphatic carboxylic acids is 1. The number of carboxylic acids is 1. The maximum Gasteiger partial charge on any atom is 0.490 e. The predicted octanol–water partition coefficient (Wildman–Crippen LogP) is 3.76. The van der Waals surface area contributed by atoms with Crippen molar-refractivity contribution in [1.29, 1.82) is 0 Å². The third-order valence-electron chi connectivity index (χ3n) is 6.41. The van der Waals surface area contributed by atoms with Crippen molar-refractivity contribution >= 4 is 38.8 Å². The molecule has 0 saturated carbocycles. The van der Waals surface area contributed by atoms with E-state index in [1.165, 1.54) is 4.57 Å². The molecule has 0 aliphatic heterocycles. The van der Waals surface area contributed by atoms with Crippen LogP contribution in [0.1, 0.15) is 18.5 Å². The van der Waals surface area contributed by atoms with Crippen molar-refractivity contribution in [2.24, 2.45) is 7.05 Å². The van der Waals surface area contributed by atoms with E-state index >= 15 is 0 Å². The summed E-state index contributed by atoms with van der Waals surface area (Å²) in [5.41, 5.74) is 4.55. The van der Waals surface area contributed by atoms with Crippen molar-refractivity contribution in [3.8, 4) is 11.3 Å². The number of benzene rings is 3. The minimum absolute atomic E-state index is 0.342. The maximum absolute atomic E-state index is 13.5. The van der Waals surface area contributed by atoms with Crippen molar-refractivity contribution in [3.05, 3.63) is 87.1 Å². The topological polar surface area (TPSA) is 152 Å². The number of nitrogens with one attached hydrogen (secondary N) is 2. The SMILES string of the molecule is CC(c1ccccc1)n1c(=O)[nH]c2cc3[nH]nc(-c4ccc5nnn(C)c5c4)c3cc2c1=O.O=C(O)C(F)(F)F. The van der Waals surface area contributed by atoms with E-state index in [0.717, 1.165) is 33.1 Å². The van der Waals surface area contributed by atoms with Crippen LogP contribution in [0.25, 0.3) is 44.1 Å². The van der Waals surface area contributed by atoms with Crippen LogP contribution in [0.2, 0.25) is 0 Å². The van der Waals surface area contributed by atoms with Gasteiger partial charge in [-0.3, -0.25) is 14.5 Å². The average molecular weight is 551 g/mol. The molecule has 6 aromatic rings. The van der Waals surface area contributed by atoms with E-state index < -0.39 is 23.9 Å². The molecule has 1 unspecified atom stereocenters. The summed E-state index contributed by atoms with van der Waals surface area (Å²) in [6.45, 7) is 1.84. The fraction of sp³-hybridized carbons (Fsp3) is 0.154. The van der Waals surface area contributed by atoms with Gasteiger partial charge in [0, 0.05) is 18.0 Å². The molecule has 0 spiro atoms. The second-order valence-corrected chi connectivity index (χ2v) is 8.93. The van der Waals surface area contributed by atoms with Gasteiger partial charge in [-0.15, -0.1) is 5.10 Å². The molecule has 11 nitrogen and oxygen atoms in total. The Kier molecular flexibility index (Phi) is 6.45. The zero-order valence-electron chi connectivity index (χ0n) is 20.9. The lowest BCUT2D eigenvalue weighted by atomic mass is 10.0. The number of aromatic nitrogens is 7. The molecule has 0 fully saturated rings. The number of hydrogen-bond acceptors (Lipinski definition) is 6. The summed E-state index contributed by atoms with van der Waals surface area (Å²) in [6, 6.07) is 18.4. The Balaban J connectivity index is 0.000000411. The summed E-state index contributed by atoms with van der Waals surface area (Å²) in [6.07, 6.45) is -5.08. The molecule has 0 aliphatic rings. The van der Waals surface area contributed by atoms with E-state index in [-0.39, 0.29) is 5.56 Å². The molecular weight excluding hydrogens is 531 g/mol. The first-order valence-electron chi connectivity index (χ1n) is 11.8. The first-order valence-corrected chi connectivity index (χ1v) is 11.8. The number of fused-ring (bicyclic) bond motifs is 3. The molecule has 3 aromatic heterocycles. The highest BCUT2D eigenvalue weighted by atomic mass is 19.4. The molecule has 204 valence electrons. The smallest absolute Gasteiger partial charge is 0.475 e. The first kappa shape index (κ1) is 26.3. The minimum atomic E-state index is -5.08. The average Bonchev–Trinajstić information content (AvgIpc) is 3.50. The molecule has 3 aromatic carbocycles. The van der Waals surface area contributed by atoms with Gasteiger partial charge in [0.25, 0.3) is 5.56 Å². The number of nitrogens with zero attached hydrogens (tertiary/aromatic N) is 5. The lowest BCUT2D eigenvalue weighted by Gasteiger charge is -2.15. The Morgan fingerprint density at radius 1 is 1.00 bits per heavy atom. The van der Waals surface area contributed by atoms with Gasteiger partial charge in [-0.2, -0.15) is 18.3 Å². The number of aryl methyl sites for hydroxylation is 1. The van der Waals surface area contributed by atoms with E-state index in [0.29, 0.717) is 16.6 Å². The highest BCUT2D eigenvalue weighted by Crippen LogP contribution is 2.30. The first-order chi connectivity index (χ1) is 19.0. The predicted molar refractivity (Wildman–Crippen MR) is 140 cm³/mol. The summed E-state index contributed by atoms with van der Waals surface area (Å²) in [4.78, 5) is 38.0. The zero-order chi connectivity index (χ0) is 28.8. The Labute approximate surface area is 221 Å². The van der Waals surface area contributed by atoms with E-state index in [1.54, 1.807) is 16.8 Å². The van der Waals surface area contributed by atoms with Gasteiger partial charge in [-0.05, 0) is 36.8 Å². The molecule has 6 rings (SSSR count). The third-order valence-corrected chi connectivity index (χ3v) is 6.41. The molecule has 3 heterocycles. The minimum Gasteiger partial charge on any atom is -0.475 e. The van der Waals surface area contributed by atoms with Crippen LogP contribution in [-0.2, 0) is 11.8 Å². The van der Waals surface area contributed by atoms with E-state index in [4.69, 9.17) is 9.90 Å². The fourth-order valence-electron chi connectivity index (χ4n) is 4.37. The number of H-pyrrole nitrogens is 2. The van der Waals surface area contributed by atoms with Crippen LogP contribution < -0.4 is 11.2 Å². The van der Waals surface area contributed by atoms with Gasteiger partial charge in [0.15, 0.2) is 0 Å². The van der Waals surface area contributed by atoms with Crippen LogP contribution in [0.3, 0.4) is 0 Å².